The second-order valence-corrected chi connectivity index (χ2v) is 4.08. The zero-order valence-corrected chi connectivity index (χ0v) is 10.5. The van der Waals surface area contributed by atoms with Gasteiger partial charge in [0.2, 0.25) is 0 Å². The maximum atomic E-state index is 5.61. The predicted octanol–water partition coefficient (Wildman–Crippen LogP) is 0.571. The largest absolute Gasteiger partial charge is 0.497 e. The minimum absolute atomic E-state index is 0.0169. The van der Waals surface area contributed by atoms with Crippen LogP contribution in [0.25, 0.3) is 0 Å². The first kappa shape index (κ1) is 12.5. The third-order valence-corrected chi connectivity index (χ3v) is 2.76. The summed E-state index contributed by atoms with van der Waals surface area (Å²) in [6.45, 7) is 0. The fraction of sp³-hybridized carbons (Fsp3) is 0.333. The monoisotopic (exact) mass is 247 g/mol. The Morgan fingerprint density at radius 2 is 2.33 bits per heavy atom. The summed E-state index contributed by atoms with van der Waals surface area (Å²) in [5.74, 6) is 6.42. The molecule has 0 bridgehead atoms. The summed E-state index contributed by atoms with van der Waals surface area (Å²) < 4.78 is 6.88. The van der Waals surface area contributed by atoms with Crippen molar-refractivity contribution in [1.29, 1.82) is 0 Å². The Bertz CT molecular complexity index is 511. The van der Waals surface area contributed by atoms with Crippen LogP contribution in [0.3, 0.4) is 0 Å². The van der Waals surface area contributed by atoms with Gasteiger partial charge in [0.25, 0.3) is 0 Å². The highest BCUT2D eigenvalue weighted by Crippen LogP contribution is 2.21. The van der Waals surface area contributed by atoms with Crippen LogP contribution >= 0.6 is 0 Å². The van der Waals surface area contributed by atoms with Crippen LogP contribution in [0.15, 0.2) is 30.5 Å². The summed E-state index contributed by atoms with van der Waals surface area (Å²) >= 11 is 0. The number of nitrogens with two attached hydrogens (primary N) is 1. The SMILES string of the molecule is COc1cccc(C(Cc2cn(C)nn2)NN)c1. The van der Waals surface area contributed by atoms with E-state index in [9.17, 15) is 0 Å². The lowest BCUT2D eigenvalue weighted by molar-refractivity contribution is 0.413. The third-order valence-electron chi connectivity index (χ3n) is 2.76. The van der Waals surface area contributed by atoms with Gasteiger partial charge in [-0.15, -0.1) is 5.10 Å². The Balaban J connectivity index is 2.17. The number of ether oxygens (including phenoxy) is 1. The van der Waals surface area contributed by atoms with Crippen LogP contribution in [-0.2, 0) is 13.5 Å². The summed E-state index contributed by atoms with van der Waals surface area (Å²) in [5, 5.41) is 7.96. The van der Waals surface area contributed by atoms with E-state index in [2.05, 4.69) is 15.7 Å². The number of hydrazine groups is 1. The molecule has 0 saturated heterocycles. The van der Waals surface area contributed by atoms with Crippen molar-refractivity contribution in [3.8, 4) is 5.75 Å². The molecule has 0 aliphatic heterocycles. The van der Waals surface area contributed by atoms with Gasteiger partial charge in [-0.25, -0.2) is 0 Å². The average Bonchev–Trinajstić information content (AvgIpc) is 2.81. The average molecular weight is 247 g/mol. The van der Waals surface area contributed by atoms with Crippen LogP contribution in [-0.4, -0.2) is 22.1 Å². The van der Waals surface area contributed by atoms with Gasteiger partial charge in [0.15, 0.2) is 0 Å². The van der Waals surface area contributed by atoms with E-state index in [4.69, 9.17) is 10.6 Å². The van der Waals surface area contributed by atoms with Gasteiger partial charge in [-0.2, -0.15) is 0 Å². The lowest BCUT2D eigenvalue weighted by Gasteiger charge is -2.15. The van der Waals surface area contributed by atoms with Crippen LogP contribution in [0.4, 0.5) is 0 Å². The second-order valence-electron chi connectivity index (χ2n) is 4.08. The summed E-state index contributed by atoms with van der Waals surface area (Å²) in [6.07, 6.45) is 2.56. The van der Waals surface area contributed by atoms with Crippen molar-refractivity contribution >= 4 is 0 Å². The molecule has 0 amide bonds. The van der Waals surface area contributed by atoms with Gasteiger partial charge in [0, 0.05) is 19.7 Å². The summed E-state index contributed by atoms with van der Waals surface area (Å²) in [6, 6.07) is 7.79. The van der Waals surface area contributed by atoms with Gasteiger partial charge in [0.05, 0.1) is 18.8 Å². The molecular weight excluding hydrogens is 230 g/mol. The molecule has 6 nitrogen and oxygen atoms in total. The molecule has 0 spiro atoms. The molecule has 6 heteroatoms. The quantitative estimate of drug-likeness (QED) is 0.596. The smallest absolute Gasteiger partial charge is 0.119 e. The van der Waals surface area contributed by atoms with Crippen molar-refractivity contribution in [2.24, 2.45) is 12.9 Å². The Morgan fingerprint density at radius 1 is 1.50 bits per heavy atom. The number of aromatic nitrogens is 3. The van der Waals surface area contributed by atoms with Gasteiger partial charge in [-0.05, 0) is 17.7 Å². The molecule has 1 aromatic carbocycles. The molecule has 2 rings (SSSR count). The van der Waals surface area contributed by atoms with Gasteiger partial charge < -0.3 is 4.74 Å². The molecule has 0 aliphatic carbocycles. The van der Waals surface area contributed by atoms with Crippen LogP contribution in [0.1, 0.15) is 17.3 Å². The number of nitrogens with one attached hydrogen (secondary N) is 1. The second kappa shape index (κ2) is 5.61. The van der Waals surface area contributed by atoms with E-state index in [0.717, 1.165) is 17.0 Å². The van der Waals surface area contributed by atoms with E-state index >= 15 is 0 Å². The standard InChI is InChI=1S/C12H17N5O/c1-17-8-10(15-16-17)7-12(14-13)9-4-3-5-11(6-9)18-2/h3-6,8,12,14H,7,13H2,1-2H3. The van der Waals surface area contributed by atoms with Gasteiger partial charge in [-0.3, -0.25) is 16.0 Å². The highest BCUT2D eigenvalue weighted by Gasteiger charge is 2.13. The molecule has 1 unspecified atom stereocenters. The van der Waals surface area contributed by atoms with E-state index < -0.39 is 0 Å². The Kier molecular flexibility index (Phi) is 3.91. The van der Waals surface area contributed by atoms with E-state index in [1.165, 1.54) is 0 Å². The fourth-order valence-corrected chi connectivity index (χ4v) is 1.83. The molecule has 0 radical (unpaired) electrons. The molecule has 3 N–H and O–H groups in total. The molecule has 1 heterocycles. The highest BCUT2D eigenvalue weighted by atomic mass is 16.5. The minimum atomic E-state index is -0.0169. The van der Waals surface area contributed by atoms with E-state index in [0.29, 0.717) is 6.42 Å². The van der Waals surface area contributed by atoms with Crippen molar-refractivity contribution in [2.45, 2.75) is 12.5 Å². The first-order valence-electron chi connectivity index (χ1n) is 5.68. The van der Waals surface area contributed by atoms with E-state index in [1.807, 2.05) is 37.5 Å². The van der Waals surface area contributed by atoms with Crippen LogP contribution in [0.2, 0.25) is 0 Å². The van der Waals surface area contributed by atoms with Crippen LogP contribution in [0, 0.1) is 0 Å². The van der Waals surface area contributed by atoms with E-state index in [-0.39, 0.29) is 6.04 Å². The molecule has 0 fully saturated rings. The normalized spacial score (nSPS) is 12.4. The van der Waals surface area contributed by atoms with Crippen molar-refractivity contribution < 1.29 is 4.74 Å². The fourth-order valence-electron chi connectivity index (χ4n) is 1.83. The van der Waals surface area contributed by atoms with Gasteiger partial charge >= 0.3 is 0 Å². The number of aryl methyl sites for hydroxylation is 1. The topological polar surface area (TPSA) is 78.0 Å². The van der Waals surface area contributed by atoms with Gasteiger partial charge in [-0.1, -0.05) is 17.3 Å². The number of rotatable bonds is 5. The Labute approximate surface area is 106 Å². The highest BCUT2D eigenvalue weighted by molar-refractivity contribution is 5.31. The van der Waals surface area contributed by atoms with Crippen molar-refractivity contribution in [1.82, 2.24) is 20.4 Å². The zero-order valence-electron chi connectivity index (χ0n) is 10.5. The first-order chi connectivity index (χ1) is 8.72. The summed E-state index contributed by atoms with van der Waals surface area (Å²) in [7, 11) is 3.49. The Morgan fingerprint density at radius 3 is 2.94 bits per heavy atom. The summed E-state index contributed by atoms with van der Waals surface area (Å²) in [5.41, 5.74) is 4.74. The van der Waals surface area contributed by atoms with Crippen LogP contribution < -0.4 is 16.0 Å². The summed E-state index contributed by atoms with van der Waals surface area (Å²) in [4.78, 5) is 0. The lowest BCUT2D eigenvalue weighted by Crippen LogP contribution is -2.29. The van der Waals surface area contributed by atoms with Gasteiger partial charge in [0.1, 0.15) is 5.75 Å². The molecule has 2 aromatic rings. The molecule has 0 aliphatic rings. The number of nitrogens with zero attached hydrogens (tertiary/aromatic N) is 3. The molecular formula is C12H17N5O. The van der Waals surface area contributed by atoms with Crippen molar-refractivity contribution in [3.05, 3.63) is 41.7 Å². The van der Waals surface area contributed by atoms with Crippen LogP contribution in [0.5, 0.6) is 5.75 Å². The minimum Gasteiger partial charge on any atom is -0.497 e. The molecule has 1 atom stereocenters. The van der Waals surface area contributed by atoms with Crippen molar-refractivity contribution in [2.75, 3.05) is 7.11 Å². The number of methoxy groups -OCH3 is 1. The predicted molar refractivity (Wildman–Crippen MR) is 67.8 cm³/mol. The van der Waals surface area contributed by atoms with E-state index in [1.54, 1.807) is 11.8 Å². The molecule has 1 aromatic heterocycles. The number of hydrogen-bond donors (Lipinski definition) is 2. The lowest BCUT2D eigenvalue weighted by atomic mass is 10.0. The molecule has 96 valence electrons. The Hall–Kier alpha value is -1.92. The first-order valence-corrected chi connectivity index (χ1v) is 5.68. The number of hydrogen-bond acceptors (Lipinski definition) is 5. The maximum absolute atomic E-state index is 5.61. The molecule has 18 heavy (non-hydrogen) atoms. The third kappa shape index (κ3) is 2.85. The zero-order chi connectivity index (χ0) is 13.0. The maximum Gasteiger partial charge on any atom is 0.119 e. The van der Waals surface area contributed by atoms with Crippen molar-refractivity contribution in [3.63, 3.8) is 0 Å². The number of benzene rings is 1. The molecule has 0 saturated carbocycles.